The van der Waals surface area contributed by atoms with Crippen molar-refractivity contribution in [3.05, 3.63) is 69.8 Å². The normalized spacial score (nSPS) is 11.0. The number of nitrogens with zero attached hydrogens (tertiary/aromatic N) is 5. The number of nitrogens with one attached hydrogen (secondary N) is 1. The molecule has 0 bridgehead atoms. The van der Waals surface area contributed by atoms with E-state index in [4.69, 9.17) is 0 Å². The molecule has 0 radical (unpaired) electrons. The number of aromatic nitrogens is 3. The van der Waals surface area contributed by atoms with Gasteiger partial charge in [0.05, 0.1) is 17.7 Å². The Morgan fingerprint density at radius 2 is 1.94 bits per heavy atom. The Balaban J connectivity index is 1.82. The third-order valence-corrected chi connectivity index (χ3v) is 5.10. The van der Waals surface area contributed by atoms with Crippen LogP contribution in [0, 0.1) is 6.92 Å². The number of hydrogen-bond donors (Lipinski definition) is 1. The lowest BCUT2D eigenvalue weighted by Crippen LogP contribution is -2.33. The van der Waals surface area contributed by atoms with E-state index in [2.05, 4.69) is 21.8 Å². The van der Waals surface area contributed by atoms with Crippen LogP contribution in [0.2, 0.25) is 0 Å². The number of pyridine rings is 1. The quantitative estimate of drug-likeness (QED) is 0.567. The van der Waals surface area contributed by atoms with Gasteiger partial charge in [-0.3, -0.25) is 19.7 Å². The fourth-order valence-electron chi connectivity index (χ4n) is 3.31. The Morgan fingerprint density at radius 1 is 1.16 bits per heavy atom. The summed E-state index contributed by atoms with van der Waals surface area (Å²) in [7, 11) is 5.69. The van der Waals surface area contributed by atoms with Crippen molar-refractivity contribution in [3.8, 4) is 16.9 Å². The van der Waals surface area contributed by atoms with E-state index in [0.717, 1.165) is 23.2 Å². The van der Waals surface area contributed by atoms with Gasteiger partial charge in [0, 0.05) is 32.5 Å². The molecule has 1 amide bonds. The number of carbonyl (C=O) groups is 1. The fourth-order valence-corrected chi connectivity index (χ4v) is 3.31. The molecule has 2 heterocycles. The largest absolute Gasteiger partial charge is 0.340 e. The molecule has 0 spiro atoms. The number of hydrogen-bond acceptors (Lipinski definition) is 5. The fraction of sp³-hybridized carbons (Fsp3) is 0.304. The first-order valence-corrected chi connectivity index (χ1v) is 10.0. The van der Waals surface area contributed by atoms with E-state index in [9.17, 15) is 9.59 Å². The van der Waals surface area contributed by atoms with Crippen molar-refractivity contribution in [3.63, 3.8) is 0 Å². The molecule has 2 aromatic heterocycles. The van der Waals surface area contributed by atoms with Gasteiger partial charge >= 0.3 is 0 Å². The number of benzene rings is 1. The van der Waals surface area contributed by atoms with Crippen LogP contribution in [0.25, 0.3) is 16.9 Å². The summed E-state index contributed by atoms with van der Waals surface area (Å²) in [6, 6.07) is 9.22. The summed E-state index contributed by atoms with van der Waals surface area (Å²) in [6.45, 7) is 7.42. The van der Waals surface area contributed by atoms with E-state index >= 15 is 0 Å². The van der Waals surface area contributed by atoms with Crippen LogP contribution < -0.4 is 5.56 Å². The van der Waals surface area contributed by atoms with Crippen molar-refractivity contribution < 1.29 is 4.79 Å². The van der Waals surface area contributed by atoms with E-state index in [0.29, 0.717) is 30.0 Å². The number of aliphatic imine (C=N–C) groups is 1. The van der Waals surface area contributed by atoms with Crippen LogP contribution >= 0.6 is 0 Å². The summed E-state index contributed by atoms with van der Waals surface area (Å²) in [5, 5.41) is 2.97. The van der Waals surface area contributed by atoms with Gasteiger partial charge in [-0.15, -0.1) is 0 Å². The molecule has 8 heteroatoms. The smallest absolute Gasteiger partial charge is 0.280 e. The molecule has 1 aromatic carbocycles. The van der Waals surface area contributed by atoms with E-state index < -0.39 is 0 Å². The number of aryl methyl sites for hydroxylation is 1. The molecule has 0 aliphatic carbocycles. The standard InChI is InChI=1S/C23H28N6O2/c1-16-12-17(13-24-2)6-8-19(16)20-15-26-29(23(20)31)21-9-7-18(14-25-21)22(30)28(5)11-10-27(3)4/h6-9,12,14-15,26H,2,10-11,13H2,1,3-5H3. The zero-order chi connectivity index (χ0) is 22.5. The van der Waals surface area contributed by atoms with Gasteiger partial charge in [0.25, 0.3) is 11.5 Å². The highest BCUT2D eigenvalue weighted by Gasteiger charge is 2.15. The molecule has 0 fully saturated rings. The number of carbonyl (C=O) groups excluding carboxylic acids is 1. The van der Waals surface area contributed by atoms with Gasteiger partial charge in [0.2, 0.25) is 0 Å². The Bertz CT molecular complexity index is 1130. The van der Waals surface area contributed by atoms with Crippen LogP contribution in [-0.2, 0) is 6.54 Å². The highest BCUT2D eigenvalue weighted by Crippen LogP contribution is 2.22. The average molecular weight is 421 g/mol. The molecular weight excluding hydrogens is 392 g/mol. The minimum Gasteiger partial charge on any atom is -0.340 e. The van der Waals surface area contributed by atoms with Crippen LogP contribution in [0.5, 0.6) is 0 Å². The summed E-state index contributed by atoms with van der Waals surface area (Å²) in [5.74, 6) is 0.319. The van der Waals surface area contributed by atoms with Gasteiger partial charge in [-0.05, 0) is 56.6 Å². The van der Waals surface area contributed by atoms with E-state index in [1.807, 2.05) is 44.1 Å². The Morgan fingerprint density at radius 3 is 2.55 bits per heavy atom. The summed E-state index contributed by atoms with van der Waals surface area (Å²) in [6.07, 6.45) is 3.17. The molecule has 0 atom stereocenters. The van der Waals surface area contributed by atoms with Crippen molar-refractivity contribution in [2.45, 2.75) is 13.5 Å². The maximum atomic E-state index is 13.0. The first-order chi connectivity index (χ1) is 14.8. The van der Waals surface area contributed by atoms with Crippen molar-refractivity contribution in [1.82, 2.24) is 24.6 Å². The molecule has 3 aromatic rings. The average Bonchev–Trinajstić information content (AvgIpc) is 3.13. The molecule has 0 aliphatic heterocycles. The maximum Gasteiger partial charge on any atom is 0.280 e. The SMILES string of the molecule is C=NCc1ccc(-c2c[nH]n(-c3ccc(C(=O)N(C)CCN(C)C)cn3)c2=O)c(C)c1. The molecule has 8 nitrogen and oxygen atoms in total. The minimum atomic E-state index is -0.202. The molecular formula is C23H28N6O2. The Labute approximate surface area is 181 Å². The summed E-state index contributed by atoms with van der Waals surface area (Å²) < 4.78 is 1.37. The zero-order valence-electron chi connectivity index (χ0n) is 18.4. The summed E-state index contributed by atoms with van der Waals surface area (Å²) >= 11 is 0. The monoisotopic (exact) mass is 420 g/mol. The molecule has 1 N–H and O–H groups in total. The lowest BCUT2D eigenvalue weighted by Gasteiger charge is -2.19. The van der Waals surface area contributed by atoms with Crippen LogP contribution in [-0.4, -0.2) is 71.4 Å². The molecule has 31 heavy (non-hydrogen) atoms. The number of likely N-dealkylation sites (N-methyl/N-ethyl adjacent to an activating group) is 2. The second kappa shape index (κ2) is 9.53. The van der Waals surface area contributed by atoms with Crippen LogP contribution in [0.3, 0.4) is 0 Å². The third kappa shape index (κ3) is 4.97. The van der Waals surface area contributed by atoms with Gasteiger partial charge in [0.15, 0.2) is 5.82 Å². The highest BCUT2D eigenvalue weighted by atomic mass is 16.2. The Kier molecular flexibility index (Phi) is 6.81. The molecule has 0 aliphatic rings. The number of aromatic amines is 1. The molecule has 0 saturated heterocycles. The first kappa shape index (κ1) is 22.2. The minimum absolute atomic E-state index is 0.106. The number of H-pyrrole nitrogens is 1. The maximum absolute atomic E-state index is 13.0. The van der Waals surface area contributed by atoms with Gasteiger partial charge < -0.3 is 9.80 Å². The second-order valence-corrected chi connectivity index (χ2v) is 7.79. The first-order valence-electron chi connectivity index (χ1n) is 10.0. The van der Waals surface area contributed by atoms with Gasteiger partial charge in [-0.2, -0.15) is 0 Å². The topological polar surface area (TPSA) is 86.6 Å². The predicted octanol–water partition coefficient (Wildman–Crippen LogP) is 2.37. The van der Waals surface area contributed by atoms with E-state index in [1.165, 1.54) is 10.9 Å². The van der Waals surface area contributed by atoms with Crippen LogP contribution in [0.15, 0.2) is 52.5 Å². The molecule has 162 valence electrons. The molecule has 3 rings (SSSR count). The van der Waals surface area contributed by atoms with Crippen LogP contribution in [0.1, 0.15) is 21.5 Å². The highest BCUT2D eigenvalue weighted by molar-refractivity contribution is 5.93. The van der Waals surface area contributed by atoms with Crippen molar-refractivity contribution in [2.24, 2.45) is 4.99 Å². The van der Waals surface area contributed by atoms with E-state index in [1.54, 1.807) is 30.3 Å². The predicted molar refractivity (Wildman–Crippen MR) is 123 cm³/mol. The second-order valence-electron chi connectivity index (χ2n) is 7.79. The molecule has 0 unspecified atom stereocenters. The van der Waals surface area contributed by atoms with Gasteiger partial charge in [-0.1, -0.05) is 18.2 Å². The van der Waals surface area contributed by atoms with Crippen molar-refractivity contribution >= 4 is 12.6 Å². The van der Waals surface area contributed by atoms with Crippen LogP contribution in [0.4, 0.5) is 0 Å². The number of amides is 1. The molecule has 0 saturated carbocycles. The van der Waals surface area contributed by atoms with Gasteiger partial charge in [0.1, 0.15) is 0 Å². The number of rotatable bonds is 8. The lowest BCUT2D eigenvalue weighted by molar-refractivity contribution is 0.0786. The Hall–Kier alpha value is -3.52. The van der Waals surface area contributed by atoms with Crippen molar-refractivity contribution in [2.75, 3.05) is 34.2 Å². The van der Waals surface area contributed by atoms with Gasteiger partial charge in [-0.25, -0.2) is 9.67 Å². The summed E-state index contributed by atoms with van der Waals surface area (Å²) in [5.41, 5.74) is 3.71. The third-order valence-electron chi connectivity index (χ3n) is 5.10. The zero-order valence-corrected chi connectivity index (χ0v) is 18.4. The lowest BCUT2D eigenvalue weighted by atomic mass is 10.0. The summed E-state index contributed by atoms with van der Waals surface area (Å²) in [4.78, 5) is 37.5. The van der Waals surface area contributed by atoms with Crippen molar-refractivity contribution in [1.29, 1.82) is 0 Å². The van der Waals surface area contributed by atoms with E-state index in [-0.39, 0.29) is 11.5 Å².